The molecule has 2 N–H and O–H groups in total. The minimum Gasteiger partial charge on any atom is -0.350 e. The highest BCUT2D eigenvalue weighted by Crippen LogP contribution is 2.22. The maximum Gasteiger partial charge on any atom is 0.257 e. The van der Waals surface area contributed by atoms with E-state index in [2.05, 4.69) is 15.2 Å². The van der Waals surface area contributed by atoms with Gasteiger partial charge in [0.15, 0.2) is 0 Å². The highest BCUT2D eigenvalue weighted by molar-refractivity contribution is 6.05. The monoisotopic (exact) mass is 375 g/mol. The molecular weight excluding hydrogens is 350 g/mol. The van der Waals surface area contributed by atoms with Gasteiger partial charge in [0.1, 0.15) is 0 Å². The molecule has 0 atom stereocenters. The second kappa shape index (κ2) is 8.13. The lowest BCUT2D eigenvalue weighted by molar-refractivity contribution is 0.0942. The van der Waals surface area contributed by atoms with Gasteiger partial charge < -0.3 is 15.2 Å². The van der Waals surface area contributed by atoms with E-state index in [1.165, 1.54) is 0 Å². The number of aryl methyl sites for hydroxylation is 1. The number of hydrogen-bond acceptors (Lipinski definition) is 2. The summed E-state index contributed by atoms with van der Waals surface area (Å²) in [6.45, 7) is 7.75. The Labute approximate surface area is 165 Å². The van der Waals surface area contributed by atoms with Gasteiger partial charge in [-0.25, -0.2) is 0 Å². The fourth-order valence-corrected chi connectivity index (χ4v) is 3.22. The molecule has 2 aromatic carbocycles. The standard InChI is InChI=1S/C23H25N3O2/c1-15(2)24-22(27)18-10-12-19(13-11-18)25-23(28)21-14-16(3)26(17(21)4)20-8-6-5-7-9-20/h5-15H,1-4H3,(H,24,27)(H,25,28). The van der Waals surface area contributed by atoms with Gasteiger partial charge in [-0.1, -0.05) is 18.2 Å². The minimum atomic E-state index is -0.172. The van der Waals surface area contributed by atoms with Crippen molar-refractivity contribution in [3.05, 3.63) is 83.2 Å². The maximum atomic E-state index is 12.8. The zero-order chi connectivity index (χ0) is 20.3. The molecule has 0 saturated carbocycles. The Morgan fingerprint density at radius 2 is 1.54 bits per heavy atom. The Morgan fingerprint density at radius 1 is 0.893 bits per heavy atom. The van der Waals surface area contributed by atoms with Crippen LogP contribution >= 0.6 is 0 Å². The van der Waals surface area contributed by atoms with Crippen LogP contribution in [0.4, 0.5) is 5.69 Å². The molecule has 5 nitrogen and oxygen atoms in total. The highest BCUT2D eigenvalue weighted by Gasteiger charge is 2.17. The van der Waals surface area contributed by atoms with Crippen LogP contribution in [-0.2, 0) is 0 Å². The van der Waals surface area contributed by atoms with Crippen LogP contribution in [0.3, 0.4) is 0 Å². The number of amides is 2. The zero-order valence-corrected chi connectivity index (χ0v) is 16.6. The first-order valence-corrected chi connectivity index (χ1v) is 9.33. The van der Waals surface area contributed by atoms with Gasteiger partial charge in [-0.2, -0.15) is 0 Å². The number of anilines is 1. The highest BCUT2D eigenvalue weighted by atomic mass is 16.2. The van der Waals surface area contributed by atoms with E-state index < -0.39 is 0 Å². The van der Waals surface area contributed by atoms with Gasteiger partial charge in [0, 0.05) is 34.4 Å². The molecule has 0 aliphatic rings. The number of para-hydroxylation sites is 1. The van der Waals surface area contributed by atoms with E-state index in [1.54, 1.807) is 24.3 Å². The van der Waals surface area contributed by atoms with Crippen LogP contribution in [0.1, 0.15) is 46.0 Å². The molecule has 3 aromatic rings. The van der Waals surface area contributed by atoms with Crippen LogP contribution in [0.25, 0.3) is 5.69 Å². The summed E-state index contributed by atoms with van der Waals surface area (Å²) in [5, 5.41) is 5.76. The number of carbonyl (C=O) groups excluding carboxylic acids is 2. The molecule has 0 saturated heterocycles. The Kier molecular flexibility index (Phi) is 5.64. The number of nitrogens with zero attached hydrogens (tertiary/aromatic N) is 1. The molecule has 1 heterocycles. The normalized spacial score (nSPS) is 10.8. The predicted molar refractivity (Wildman–Crippen MR) is 112 cm³/mol. The van der Waals surface area contributed by atoms with Crippen molar-refractivity contribution in [2.45, 2.75) is 33.7 Å². The minimum absolute atomic E-state index is 0.0757. The number of benzene rings is 2. The maximum absolute atomic E-state index is 12.8. The van der Waals surface area contributed by atoms with E-state index in [9.17, 15) is 9.59 Å². The number of aromatic nitrogens is 1. The molecule has 3 rings (SSSR count). The first kappa shape index (κ1) is 19.4. The van der Waals surface area contributed by atoms with Crippen LogP contribution in [-0.4, -0.2) is 22.4 Å². The summed E-state index contributed by atoms with van der Waals surface area (Å²) in [6.07, 6.45) is 0. The number of rotatable bonds is 5. The molecule has 0 aliphatic carbocycles. The third-order valence-electron chi connectivity index (χ3n) is 4.51. The molecule has 2 amide bonds. The van der Waals surface area contributed by atoms with Gasteiger partial charge in [-0.05, 0) is 70.2 Å². The van der Waals surface area contributed by atoms with E-state index in [4.69, 9.17) is 0 Å². The van der Waals surface area contributed by atoms with Crippen LogP contribution in [0.2, 0.25) is 0 Å². The van der Waals surface area contributed by atoms with Crippen molar-refractivity contribution < 1.29 is 9.59 Å². The first-order valence-electron chi connectivity index (χ1n) is 9.33. The topological polar surface area (TPSA) is 63.1 Å². The predicted octanol–water partition coefficient (Wildman–Crippen LogP) is 4.48. The van der Waals surface area contributed by atoms with E-state index in [1.807, 2.05) is 64.1 Å². The Morgan fingerprint density at radius 3 is 2.14 bits per heavy atom. The molecular formula is C23H25N3O2. The molecule has 0 fully saturated rings. The lowest BCUT2D eigenvalue weighted by Gasteiger charge is -2.11. The van der Waals surface area contributed by atoms with Gasteiger partial charge in [0.2, 0.25) is 0 Å². The molecule has 0 radical (unpaired) electrons. The molecule has 0 bridgehead atoms. The van der Waals surface area contributed by atoms with Crippen molar-refractivity contribution in [3.8, 4) is 5.69 Å². The fourth-order valence-electron chi connectivity index (χ4n) is 3.22. The van der Waals surface area contributed by atoms with Crippen LogP contribution < -0.4 is 10.6 Å². The van der Waals surface area contributed by atoms with E-state index in [0.29, 0.717) is 16.8 Å². The quantitative estimate of drug-likeness (QED) is 0.690. The molecule has 1 aromatic heterocycles. The van der Waals surface area contributed by atoms with Crippen molar-refractivity contribution in [2.24, 2.45) is 0 Å². The molecule has 0 aliphatic heterocycles. The molecule has 0 spiro atoms. The molecule has 5 heteroatoms. The van der Waals surface area contributed by atoms with Crippen molar-refractivity contribution in [2.75, 3.05) is 5.32 Å². The third-order valence-corrected chi connectivity index (χ3v) is 4.51. The Balaban J connectivity index is 1.78. The van der Waals surface area contributed by atoms with E-state index in [0.717, 1.165) is 17.1 Å². The smallest absolute Gasteiger partial charge is 0.257 e. The lowest BCUT2D eigenvalue weighted by atomic mass is 10.1. The van der Waals surface area contributed by atoms with Crippen LogP contribution in [0, 0.1) is 13.8 Å². The van der Waals surface area contributed by atoms with Gasteiger partial charge in [0.05, 0.1) is 5.56 Å². The van der Waals surface area contributed by atoms with Gasteiger partial charge in [-0.15, -0.1) is 0 Å². The average molecular weight is 375 g/mol. The molecule has 0 unspecified atom stereocenters. The fraction of sp³-hybridized carbons (Fsp3) is 0.217. The Bertz CT molecular complexity index is 987. The zero-order valence-electron chi connectivity index (χ0n) is 16.6. The third kappa shape index (κ3) is 4.14. The largest absolute Gasteiger partial charge is 0.350 e. The van der Waals surface area contributed by atoms with Gasteiger partial charge in [0.25, 0.3) is 11.8 Å². The summed E-state index contributed by atoms with van der Waals surface area (Å²) < 4.78 is 2.06. The number of hydrogen-bond donors (Lipinski definition) is 2. The van der Waals surface area contributed by atoms with Gasteiger partial charge in [-0.3, -0.25) is 9.59 Å². The van der Waals surface area contributed by atoms with Crippen molar-refractivity contribution in [1.29, 1.82) is 0 Å². The van der Waals surface area contributed by atoms with Crippen molar-refractivity contribution in [3.63, 3.8) is 0 Å². The summed E-state index contributed by atoms with van der Waals surface area (Å²) in [4.78, 5) is 24.8. The van der Waals surface area contributed by atoms with Crippen LogP contribution in [0.15, 0.2) is 60.7 Å². The Hall–Kier alpha value is -3.34. The number of nitrogens with one attached hydrogen (secondary N) is 2. The lowest BCUT2D eigenvalue weighted by Crippen LogP contribution is -2.30. The summed E-state index contributed by atoms with van der Waals surface area (Å²) in [5.41, 5.74) is 4.74. The summed E-state index contributed by atoms with van der Waals surface area (Å²) in [6, 6.07) is 18.8. The SMILES string of the molecule is Cc1cc(C(=O)Nc2ccc(C(=O)NC(C)C)cc2)c(C)n1-c1ccccc1. The number of carbonyl (C=O) groups is 2. The van der Waals surface area contributed by atoms with Crippen molar-refractivity contribution in [1.82, 2.24) is 9.88 Å². The summed E-state index contributed by atoms with van der Waals surface area (Å²) in [7, 11) is 0. The van der Waals surface area contributed by atoms with E-state index in [-0.39, 0.29) is 17.9 Å². The first-order chi connectivity index (χ1) is 13.4. The molecule has 28 heavy (non-hydrogen) atoms. The van der Waals surface area contributed by atoms with Crippen molar-refractivity contribution >= 4 is 17.5 Å². The van der Waals surface area contributed by atoms with E-state index >= 15 is 0 Å². The second-order valence-electron chi connectivity index (χ2n) is 7.12. The second-order valence-corrected chi connectivity index (χ2v) is 7.12. The summed E-state index contributed by atoms with van der Waals surface area (Å²) in [5.74, 6) is -0.297. The summed E-state index contributed by atoms with van der Waals surface area (Å²) >= 11 is 0. The average Bonchev–Trinajstić information content (AvgIpc) is 2.97. The molecule has 144 valence electrons. The van der Waals surface area contributed by atoms with Gasteiger partial charge >= 0.3 is 0 Å². The van der Waals surface area contributed by atoms with Crippen LogP contribution in [0.5, 0.6) is 0 Å².